The molecule has 0 unspecified atom stereocenters. The van der Waals surface area contributed by atoms with Crippen LogP contribution in [0.15, 0.2) is 79.1 Å². The van der Waals surface area contributed by atoms with Gasteiger partial charge in [-0.2, -0.15) is 5.10 Å². The lowest BCUT2D eigenvalue weighted by Gasteiger charge is -2.02. The van der Waals surface area contributed by atoms with Crippen LogP contribution in [0.5, 0.6) is 0 Å². The number of aryl methyl sites for hydroxylation is 1. The molecule has 0 aliphatic rings. The van der Waals surface area contributed by atoms with Crippen LogP contribution >= 0.6 is 15.9 Å². The summed E-state index contributed by atoms with van der Waals surface area (Å²) in [5, 5.41) is 28.2. The Morgan fingerprint density at radius 3 is 2.55 bits per heavy atom. The largest absolute Gasteiger partial charge is 0.278 e. The fourth-order valence-corrected chi connectivity index (χ4v) is 4.00. The van der Waals surface area contributed by atoms with E-state index in [1.54, 1.807) is 35.3 Å². The number of aromatic nitrogens is 5. The molecule has 0 atom stereocenters. The second-order valence-electron chi connectivity index (χ2n) is 7.42. The zero-order chi connectivity index (χ0) is 23.2. The number of nitro benzene ring substituents is 1. The molecule has 0 saturated carbocycles. The van der Waals surface area contributed by atoms with Crippen molar-refractivity contribution < 1.29 is 4.92 Å². The number of nitrogens with one attached hydrogen (secondary N) is 1. The first kappa shape index (κ1) is 22.3. The second-order valence-corrected chi connectivity index (χ2v) is 7.98. The first-order chi connectivity index (χ1) is 16.0. The van der Waals surface area contributed by atoms with Crippen LogP contribution in [0.3, 0.4) is 0 Å². The fraction of sp³-hybridized carbons (Fsp3) is 0.125. The number of H-pyrrole nitrogens is 1. The third-order valence-electron chi connectivity index (χ3n) is 5.20. The maximum Gasteiger partial charge on any atom is 0.274 e. The van der Waals surface area contributed by atoms with E-state index in [4.69, 9.17) is 0 Å². The summed E-state index contributed by atoms with van der Waals surface area (Å²) >= 11 is 3.41. The fourth-order valence-electron chi connectivity index (χ4n) is 3.37. The highest BCUT2D eigenvalue weighted by Gasteiger charge is 2.14. The SMILES string of the molecule is Cc1ccccc1CBr.O=[N+]([O-])c1ccccc1Cn1cc(-c2ccc3[nH]ncc3c2)nn1. The van der Waals surface area contributed by atoms with Gasteiger partial charge >= 0.3 is 0 Å². The van der Waals surface area contributed by atoms with E-state index in [0.717, 1.165) is 21.8 Å². The normalized spacial score (nSPS) is 10.6. The van der Waals surface area contributed by atoms with Crippen LogP contribution in [-0.4, -0.2) is 30.1 Å². The zero-order valence-electron chi connectivity index (χ0n) is 17.9. The van der Waals surface area contributed by atoms with Gasteiger partial charge in [0.2, 0.25) is 0 Å². The van der Waals surface area contributed by atoms with Crippen molar-refractivity contribution in [2.45, 2.75) is 18.8 Å². The van der Waals surface area contributed by atoms with Gasteiger partial charge in [-0.05, 0) is 30.2 Å². The van der Waals surface area contributed by atoms with E-state index in [9.17, 15) is 10.1 Å². The zero-order valence-corrected chi connectivity index (χ0v) is 19.4. The molecule has 5 aromatic rings. The Morgan fingerprint density at radius 1 is 1.06 bits per heavy atom. The monoisotopic (exact) mass is 504 g/mol. The van der Waals surface area contributed by atoms with Gasteiger partial charge in [0.1, 0.15) is 5.69 Å². The van der Waals surface area contributed by atoms with E-state index in [1.165, 1.54) is 17.2 Å². The summed E-state index contributed by atoms with van der Waals surface area (Å²) in [6.45, 7) is 2.41. The molecule has 8 nitrogen and oxygen atoms in total. The Hall–Kier alpha value is -3.85. The highest BCUT2D eigenvalue weighted by Crippen LogP contribution is 2.23. The lowest BCUT2D eigenvalue weighted by molar-refractivity contribution is -0.385. The van der Waals surface area contributed by atoms with Crippen LogP contribution in [0, 0.1) is 17.0 Å². The quantitative estimate of drug-likeness (QED) is 0.188. The van der Waals surface area contributed by atoms with E-state index in [2.05, 4.69) is 67.6 Å². The number of hydrogen-bond acceptors (Lipinski definition) is 5. The molecule has 0 aliphatic heterocycles. The van der Waals surface area contributed by atoms with Crippen LogP contribution in [0.2, 0.25) is 0 Å². The van der Waals surface area contributed by atoms with Crippen LogP contribution in [0.4, 0.5) is 5.69 Å². The molecule has 0 bridgehead atoms. The van der Waals surface area contributed by atoms with Crippen molar-refractivity contribution in [1.29, 1.82) is 0 Å². The third kappa shape index (κ3) is 5.32. The Labute approximate surface area is 198 Å². The van der Waals surface area contributed by atoms with Crippen LogP contribution < -0.4 is 0 Å². The van der Waals surface area contributed by atoms with Crippen LogP contribution in [-0.2, 0) is 11.9 Å². The van der Waals surface area contributed by atoms with Gasteiger partial charge in [0.05, 0.1) is 34.9 Å². The predicted molar refractivity (Wildman–Crippen MR) is 131 cm³/mol. The maximum absolute atomic E-state index is 11.1. The number of rotatable bonds is 5. The van der Waals surface area contributed by atoms with Crippen molar-refractivity contribution in [3.05, 3.63) is 106 Å². The number of hydrogen-bond donors (Lipinski definition) is 1. The van der Waals surface area contributed by atoms with E-state index in [0.29, 0.717) is 11.3 Å². The lowest BCUT2D eigenvalue weighted by Crippen LogP contribution is -2.03. The Bertz CT molecular complexity index is 1390. The molecule has 0 aliphatic carbocycles. The van der Waals surface area contributed by atoms with Crippen LogP contribution in [0.25, 0.3) is 22.2 Å². The number of benzene rings is 3. The van der Waals surface area contributed by atoms with Crippen LogP contribution in [0.1, 0.15) is 16.7 Å². The van der Waals surface area contributed by atoms with Gasteiger partial charge in [0.25, 0.3) is 5.69 Å². The molecule has 5 rings (SSSR count). The molecule has 2 aromatic heterocycles. The Balaban J connectivity index is 0.000000243. The molecule has 0 spiro atoms. The average molecular weight is 505 g/mol. The number of nitro groups is 1. The summed E-state index contributed by atoms with van der Waals surface area (Å²) < 4.78 is 1.59. The molecule has 33 heavy (non-hydrogen) atoms. The average Bonchev–Trinajstić information content (AvgIpc) is 3.49. The number of alkyl halides is 1. The van der Waals surface area contributed by atoms with Gasteiger partial charge in [-0.15, -0.1) is 5.10 Å². The molecule has 3 aromatic carbocycles. The van der Waals surface area contributed by atoms with E-state index >= 15 is 0 Å². The summed E-state index contributed by atoms with van der Waals surface area (Å²) in [4.78, 5) is 10.7. The second kappa shape index (κ2) is 10.2. The maximum atomic E-state index is 11.1. The Morgan fingerprint density at radius 2 is 1.82 bits per heavy atom. The highest BCUT2D eigenvalue weighted by atomic mass is 79.9. The molecular formula is C24H21BrN6O2. The lowest BCUT2D eigenvalue weighted by atomic mass is 10.1. The molecule has 0 saturated heterocycles. The van der Waals surface area contributed by atoms with E-state index in [-0.39, 0.29) is 17.2 Å². The van der Waals surface area contributed by atoms with Crippen molar-refractivity contribution in [1.82, 2.24) is 25.2 Å². The molecule has 0 radical (unpaired) electrons. The standard InChI is InChI=1S/C16H12N6O2.C8H9Br/c23-22(24)16-4-2-1-3-12(16)9-21-10-15(19-20-21)11-5-6-14-13(7-11)8-17-18-14;1-7-4-2-3-5-8(7)6-9/h1-8,10H,9H2,(H,17,18);2-5H,6H2,1H3. The molecule has 0 fully saturated rings. The molecule has 0 amide bonds. The minimum Gasteiger partial charge on any atom is -0.278 e. The molecule has 166 valence electrons. The molecule has 1 N–H and O–H groups in total. The van der Waals surface area contributed by atoms with Crippen molar-refractivity contribution in [3.8, 4) is 11.3 Å². The molecule has 9 heteroatoms. The third-order valence-corrected chi connectivity index (χ3v) is 5.80. The number of nitrogens with zero attached hydrogens (tertiary/aromatic N) is 5. The van der Waals surface area contributed by atoms with Gasteiger partial charge in [-0.1, -0.05) is 69.7 Å². The first-order valence-corrected chi connectivity index (χ1v) is 11.3. The van der Waals surface area contributed by atoms with Crippen molar-refractivity contribution in [2.24, 2.45) is 0 Å². The highest BCUT2D eigenvalue weighted by molar-refractivity contribution is 9.08. The minimum absolute atomic E-state index is 0.0781. The van der Waals surface area contributed by atoms with Gasteiger partial charge < -0.3 is 0 Å². The number of aromatic amines is 1. The number of fused-ring (bicyclic) bond motifs is 1. The predicted octanol–water partition coefficient (Wildman–Crippen LogP) is 5.67. The van der Waals surface area contributed by atoms with Gasteiger partial charge in [-0.25, -0.2) is 4.68 Å². The number of halogens is 1. The first-order valence-electron chi connectivity index (χ1n) is 10.2. The van der Waals surface area contributed by atoms with E-state index < -0.39 is 0 Å². The summed E-state index contributed by atoms with van der Waals surface area (Å²) in [6.07, 6.45) is 3.52. The smallest absolute Gasteiger partial charge is 0.274 e. The van der Waals surface area contributed by atoms with Crippen molar-refractivity contribution >= 4 is 32.5 Å². The Kier molecular flexibility index (Phi) is 6.89. The topological polar surface area (TPSA) is 103 Å². The molecular weight excluding hydrogens is 484 g/mol. The van der Waals surface area contributed by atoms with Crippen molar-refractivity contribution in [2.75, 3.05) is 0 Å². The number of para-hydroxylation sites is 1. The summed E-state index contributed by atoms with van der Waals surface area (Å²) in [6, 6.07) is 20.8. The summed E-state index contributed by atoms with van der Waals surface area (Å²) in [5.41, 5.74) is 5.96. The van der Waals surface area contributed by atoms with E-state index in [1.807, 2.05) is 18.2 Å². The van der Waals surface area contributed by atoms with Crippen molar-refractivity contribution in [3.63, 3.8) is 0 Å². The summed E-state index contributed by atoms with van der Waals surface area (Å²) in [5.74, 6) is 0. The minimum atomic E-state index is -0.389. The van der Waals surface area contributed by atoms with Gasteiger partial charge in [0.15, 0.2) is 0 Å². The molecule has 2 heterocycles. The van der Waals surface area contributed by atoms with Gasteiger partial charge in [0, 0.05) is 22.3 Å². The summed E-state index contributed by atoms with van der Waals surface area (Å²) in [7, 11) is 0. The van der Waals surface area contributed by atoms with Gasteiger partial charge in [-0.3, -0.25) is 15.2 Å².